The van der Waals surface area contributed by atoms with Crippen LogP contribution in [-0.2, 0) is 11.2 Å². The molecule has 0 radical (unpaired) electrons. The topological polar surface area (TPSA) is 17.1 Å². The summed E-state index contributed by atoms with van der Waals surface area (Å²) < 4.78 is 37.5. The number of hydrogen-bond donors (Lipinski definition) is 0. The lowest BCUT2D eigenvalue weighted by Crippen LogP contribution is -2.04. The first kappa shape index (κ1) is 12.2. The highest BCUT2D eigenvalue weighted by molar-refractivity contribution is 9.09. The van der Waals surface area contributed by atoms with Crippen LogP contribution in [0.4, 0.5) is 13.2 Å². The Balaban J connectivity index is 2.92. The summed E-state index contributed by atoms with van der Waals surface area (Å²) >= 11 is 2.96. The predicted octanol–water partition coefficient (Wildman–Crippen LogP) is 3.27. The van der Waals surface area contributed by atoms with E-state index in [0.29, 0.717) is 5.56 Å². The van der Waals surface area contributed by atoms with Crippen LogP contribution in [0.25, 0.3) is 0 Å². The van der Waals surface area contributed by atoms with Gasteiger partial charge in [-0.1, -0.05) is 22.0 Å². The highest BCUT2D eigenvalue weighted by Crippen LogP contribution is 2.23. The van der Waals surface area contributed by atoms with E-state index in [1.165, 1.54) is 6.07 Å². The van der Waals surface area contributed by atoms with Gasteiger partial charge in [0.2, 0.25) is 0 Å². The van der Waals surface area contributed by atoms with Gasteiger partial charge < -0.3 is 0 Å². The molecule has 0 N–H and O–H groups in total. The number of carbonyl (C=O) groups is 1. The third kappa shape index (κ3) is 3.34. The van der Waals surface area contributed by atoms with Crippen molar-refractivity contribution in [3.8, 4) is 0 Å². The van der Waals surface area contributed by atoms with Gasteiger partial charge in [-0.05, 0) is 17.7 Å². The Hall–Kier alpha value is -0.840. The molecule has 0 saturated heterocycles. The zero-order valence-electron chi connectivity index (χ0n) is 7.64. The van der Waals surface area contributed by atoms with Gasteiger partial charge >= 0.3 is 0 Å². The number of hydrogen-bond acceptors (Lipinski definition) is 1. The van der Waals surface area contributed by atoms with Gasteiger partial charge in [-0.3, -0.25) is 4.79 Å². The van der Waals surface area contributed by atoms with Gasteiger partial charge in [0, 0.05) is 6.42 Å². The second-order valence-electron chi connectivity index (χ2n) is 3.01. The van der Waals surface area contributed by atoms with Crippen molar-refractivity contribution < 1.29 is 18.0 Å². The Labute approximate surface area is 93.4 Å². The molecule has 82 valence electrons. The van der Waals surface area contributed by atoms with Crippen LogP contribution in [0.1, 0.15) is 17.6 Å². The molecule has 1 aromatic carbocycles. The molecular weight excluding hydrogens is 273 g/mol. The van der Waals surface area contributed by atoms with Crippen molar-refractivity contribution in [1.29, 1.82) is 0 Å². The largest absolute Gasteiger partial charge is 0.298 e. The van der Waals surface area contributed by atoms with Crippen molar-refractivity contribution in [2.24, 2.45) is 0 Å². The van der Waals surface area contributed by atoms with E-state index < -0.39 is 17.8 Å². The molecule has 0 aliphatic heterocycles. The summed E-state index contributed by atoms with van der Waals surface area (Å²) in [6.07, 6.45) is -2.82. The van der Waals surface area contributed by atoms with Crippen LogP contribution >= 0.6 is 15.9 Å². The molecular formula is C10H8BrF3O. The van der Waals surface area contributed by atoms with Gasteiger partial charge in [0.1, 0.15) is 11.6 Å². The lowest BCUT2D eigenvalue weighted by Gasteiger charge is -2.04. The fourth-order valence-corrected chi connectivity index (χ4v) is 1.34. The maximum Gasteiger partial charge on any atom is 0.266 e. The lowest BCUT2D eigenvalue weighted by atomic mass is 10.1. The van der Waals surface area contributed by atoms with Crippen molar-refractivity contribution in [1.82, 2.24) is 0 Å². The zero-order chi connectivity index (χ0) is 11.4. The molecule has 0 aliphatic rings. The minimum atomic E-state index is -2.86. The second kappa shape index (κ2) is 5.30. The summed E-state index contributed by atoms with van der Waals surface area (Å²) in [5.74, 6) is -1.08. The van der Waals surface area contributed by atoms with E-state index in [9.17, 15) is 18.0 Å². The van der Waals surface area contributed by atoms with E-state index in [1.807, 2.05) is 0 Å². The molecule has 1 nitrogen and oxygen atoms in total. The molecule has 0 atom stereocenters. The van der Waals surface area contributed by atoms with Gasteiger partial charge in [-0.15, -0.1) is 0 Å². The molecule has 5 heteroatoms. The summed E-state index contributed by atoms with van der Waals surface area (Å²) in [7, 11) is 0. The van der Waals surface area contributed by atoms with Crippen molar-refractivity contribution in [3.05, 3.63) is 35.1 Å². The number of halogens is 4. The van der Waals surface area contributed by atoms with E-state index in [-0.39, 0.29) is 17.5 Å². The summed E-state index contributed by atoms with van der Waals surface area (Å²) in [4.78, 5) is 11.0. The highest BCUT2D eigenvalue weighted by Gasteiger charge is 2.14. The average Bonchev–Trinajstić information content (AvgIpc) is 2.20. The van der Waals surface area contributed by atoms with E-state index >= 15 is 0 Å². The molecule has 0 unspecified atom stereocenters. The molecule has 0 spiro atoms. The predicted molar refractivity (Wildman–Crippen MR) is 53.9 cm³/mol. The summed E-state index contributed by atoms with van der Waals surface area (Å²) in [5.41, 5.74) is -0.258. The van der Waals surface area contributed by atoms with E-state index in [2.05, 4.69) is 15.9 Å². The Morgan fingerprint density at radius 3 is 2.60 bits per heavy atom. The SMILES string of the molecule is O=C(CBr)Cc1ccc(F)c(C(F)F)c1. The van der Waals surface area contributed by atoms with E-state index in [1.54, 1.807) is 0 Å². The van der Waals surface area contributed by atoms with E-state index in [0.717, 1.165) is 12.1 Å². The molecule has 0 saturated carbocycles. The van der Waals surface area contributed by atoms with Crippen molar-refractivity contribution in [2.45, 2.75) is 12.8 Å². The van der Waals surface area contributed by atoms with Crippen LogP contribution in [0, 0.1) is 5.82 Å². The molecule has 1 rings (SSSR count). The number of alkyl halides is 3. The number of Topliss-reactive ketones (excluding diaryl/α,β-unsaturated/α-hetero) is 1. The zero-order valence-corrected chi connectivity index (χ0v) is 9.23. The summed E-state index contributed by atoms with van der Waals surface area (Å²) in [6.45, 7) is 0. The molecule has 15 heavy (non-hydrogen) atoms. The van der Waals surface area contributed by atoms with Crippen LogP contribution < -0.4 is 0 Å². The first-order valence-corrected chi connectivity index (χ1v) is 5.31. The lowest BCUT2D eigenvalue weighted by molar-refractivity contribution is -0.115. The minimum Gasteiger partial charge on any atom is -0.298 e. The quantitative estimate of drug-likeness (QED) is 0.774. The number of benzene rings is 1. The second-order valence-corrected chi connectivity index (χ2v) is 3.57. The molecule has 0 aliphatic carbocycles. The first-order chi connectivity index (χ1) is 7.04. The number of carbonyl (C=O) groups excluding carboxylic acids is 1. The Morgan fingerprint density at radius 2 is 2.07 bits per heavy atom. The maximum absolute atomic E-state index is 12.9. The Kier molecular flexibility index (Phi) is 4.32. The Bertz CT molecular complexity index is 366. The van der Waals surface area contributed by atoms with Crippen molar-refractivity contribution >= 4 is 21.7 Å². The minimum absolute atomic E-state index is 0.0330. The van der Waals surface area contributed by atoms with Gasteiger partial charge in [0.15, 0.2) is 0 Å². The molecule has 0 amide bonds. The maximum atomic E-state index is 12.9. The summed E-state index contributed by atoms with van der Waals surface area (Å²) in [6, 6.07) is 3.32. The monoisotopic (exact) mass is 280 g/mol. The van der Waals surface area contributed by atoms with Crippen molar-refractivity contribution in [3.63, 3.8) is 0 Å². The first-order valence-electron chi connectivity index (χ1n) is 4.18. The smallest absolute Gasteiger partial charge is 0.266 e. The molecule has 0 aromatic heterocycles. The standard InChI is InChI=1S/C10H8BrF3O/c11-5-7(15)3-6-1-2-9(12)8(4-6)10(13)14/h1-2,4,10H,3,5H2. The highest BCUT2D eigenvalue weighted by atomic mass is 79.9. The van der Waals surface area contributed by atoms with Crippen LogP contribution in [0.15, 0.2) is 18.2 Å². The number of rotatable bonds is 4. The third-order valence-electron chi connectivity index (χ3n) is 1.85. The molecule has 0 fully saturated rings. The van der Waals surface area contributed by atoms with Crippen LogP contribution in [-0.4, -0.2) is 11.1 Å². The van der Waals surface area contributed by atoms with Gasteiger partial charge in [0.05, 0.1) is 10.9 Å². The van der Waals surface area contributed by atoms with Gasteiger partial charge in [-0.25, -0.2) is 13.2 Å². The normalized spacial score (nSPS) is 10.7. The molecule has 1 aromatic rings. The van der Waals surface area contributed by atoms with Gasteiger partial charge in [-0.2, -0.15) is 0 Å². The fourth-order valence-electron chi connectivity index (χ4n) is 1.15. The van der Waals surface area contributed by atoms with Crippen molar-refractivity contribution in [2.75, 3.05) is 5.33 Å². The third-order valence-corrected chi connectivity index (χ3v) is 2.47. The summed E-state index contributed by atoms with van der Waals surface area (Å²) in [5, 5.41) is 0.161. The fraction of sp³-hybridized carbons (Fsp3) is 0.300. The molecule has 0 heterocycles. The molecule has 0 bridgehead atoms. The van der Waals surface area contributed by atoms with Crippen LogP contribution in [0.3, 0.4) is 0 Å². The van der Waals surface area contributed by atoms with Gasteiger partial charge in [0.25, 0.3) is 6.43 Å². The Morgan fingerprint density at radius 1 is 1.40 bits per heavy atom. The average molecular weight is 281 g/mol. The van der Waals surface area contributed by atoms with E-state index in [4.69, 9.17) is 0 Å². The van der Waals surface area contributed by atoms with Crippen LogP contribution in [0.2, 0.25) is 0 Å². The number of ketones is 1. The van der Waals surface area contributed by atoms with Crippen LogP contribution in [0.5, 0.6) is 0 Å².